The van der Waals surface area contributed by atoms with E-state index in [-0.39, 0.29) is 11.9 Å². The summed E-state index contributed by atoms with van der Waals surface area (Å²) < 4.78 is 0. The minimum atomic E-state index is -1.72. The lowest BCUT2D eigenvalue weighted by Gasteiger charge is -2.25. The van der Waals surface area contributed by atoms with Gasteiger partial charge < -0.3 is 15.0 Å². The Balaban J connectivity index is 2.30. The maximum atomic E-state index is 13.1. The van der Waals surface area contributed by atoms with Crippen molar-refractivity contribution in [2.75, 3.05) is 4.90 Å². The number of nitrogens with one attached hydrogen (secondary N) is 1. The van der Waals surface area contributed by atoms with Crippen LogP contribution < -0.4 is 4.90 Å². The highest BCUT2D eigenvalue weighted by Gasteiger charge is 2.52. The minimum absolute atomic E-state index is 0.0531. The lowest BCUT2D eigenvalue weighted by molar-refractivity contribution is -0.132. The second-order valence-corrected chi connectivity index (χ2v) is 5.93. The smallest absolute Gasteiger partial charge is 0.268 e. The van der Waals surface area contributed by atoms with E-state index in [1.54, 1.807) is 29.3 Å². The molecule has 1 aliphatic rings. The summed E-state index contributed by atoms with van der Waals surface area (Å²) in [6.07, 6.45) is 4.94. The highest BCUT2D eigenvalue weighted by molar-refractivity contribution is 6.10. The number of fused-ring (bicyclic) bond motifs is 1. The van der Waals surface area contributed by atoms with Gasteiger partial charge in [-0.1, -0.05) is 37.4 Å². The molecular formula is C19H20N2O2. The summed E-state index contributed by atoms with van der Waals surface area (Å²) in [5.74, 6) is -0.341. The zero-order valence-electron chi connectivity index (χ0n) is 13.3. The number of amides is 1. The summed E-state index contributed by atoms with van der Waals surface area (Å²) in [7, 11) is 0. The first-order chi connectivity index (χ1) is 11.0. The summed E-state index contributed by atoms with van der Waals surface area (Å²) in [4.78, 5) is 17.8. The molecule has 118 valence electrons. The molecule has 1 atom stereocenters. The zero-order valence-corrected chi connectivity index (χ0v) is 13.3. The van der Waals surface area contributed by atoms with Crippen LogP contribution in [0.25, 0.3) is 12.2 Å². The quantitative estimate of drug-likeness (QED) is 0.910. The van der Waals surface area contributed by atoms with Gasteiger partial charge in [-0.25, -0.2) is 0 Å². The van der Waals surface area contributed by atoms with Gasteiger partial charge in [0.15, 0.2) is 5.60 Å². The molecule has 2 aromatic rings. The number of nitrogens with zero attached hydrogens (tertiary/aromatic N) is 1. The molecule has 0 saturated heterocycles. The molecule has 23 heavy (non-hydrogen) atoms. The third-order valence-electron chi connectivity index (χ3n) is 4.35. The molecule has 0 spiro atoms. The van der Waals surface area contributed by atoms with E-state index in [1.165, 1.54) is 0 Å². The number of benzene rings is 1. The van der Waals surface area contributed by atoms with Crippen LogP contribution in [0.15, 0.2) is 43.6 Å². The fourth-order valence-electron chi connectivity index (χ4n) is 3.30. The molecular weight excluding hydrogens is 288 g/mol. The number of aromatic amines is 1. The number of aliphatic hydroxyl groups is 1. The van der Waals surface area contributed by atoms with Gasteiger partial charge >= 0.3 is 0 Å². The number of carbonyl (C=O) groups excluding carboxylic acids is 1. The number of rotatable bonds is 4. The molecule has 3 rings (SSSR count). The van der Waals surface area contributed by atoms with E-state index in [4.69, 9.17) is 0 Å². The highest BCUT2D eigenvalue weighted by Crippen LogP contribution is 2.46. The van der Waals surface area contributed by atoms with Gasteiger partial charge in [-0.2, -0.15) is 0 Å². The molecule has 4 heteroatoms. The molecule has 1 unspecified atom stereocenters. The summed E-state index contributed by atoms with van der Waals surface area (Å²) in [6, 6.07) is 7.30. The van der Waals surface area contributed by atoms with E-state index in [1.807, 2.05) is 32.0 Å². The molecule has 2 heterocycles. The van der Waals surface area contributed by atoms with Crippen LogP contribution in [0.3, 0.4) is 0 Å². The third kappa shape index (κ3) is 1.92. The number of H-pyrrole nitrogens is 1. The lowest BCUT2D eigenvalue weighted by Crippen LogP contribution is -2.44. The molecule has 2 N–H and O–H groups in total. The molecule has 0 fully saturated rings. The van der Waals surface area contributed by atoms with Crippen LogP contribution >= 0.6 is 0 Å². The van der Waals surface area contributed by atoms with Crippen molar-refractivity contribution in [2.24, 2.45) is 0 Å². The largest absolute Gasteiger partial charge is 0.372 e. The van der Waals surface area contributed by atoms with E-state index in [0.29, 0.717) is 16.7 Å². The number of carbonyl (C=O) groups is 1. The van der Waals surface area contributed by atoms with Gasteiger partial charge in [-0.15, -0.1) is 0 Å². The predicted molar refractivity (Wildman–Crippen MR) is 93.0 cm³/mol. The van der Waals surface area contributed by atoms with Crippen molar-refractivity contribution in [3.05, 3.63) is 66.0 Å². The summed E-state index contributed by atoms with van der Waals surface area (Å²) >= 11 is 0. The number of para-hydroxylation sites is 1. The monoisotopic (exact) mass is 308 g/mol. The maximum absolute atomic E-state index is 13.1. The number of hydrogen-bond donors (Lipinski definition) is 2. The summed E-state index contributed by atoms with van der Waals surface area (Å²) in [6.45, 7) is 11.4. The zero-order chi connectivity index (χ0) is 16.8. The van der Waals surface area contributed by atoms with E-state index < -0.39 is 5.60 Å². The van der Waals surface area contributed by atoms with Crippen LogP contribution in [-0.4, -0.2) is 22.0 Å². The van der Waals surface area contributed by atoms with Gasteiger partial charge in [-0.05, 0) is 26.0 Å². The predicted octanol–water partition coefficient (Wildman–Crippen LogP) is 3.29. The molecule has 1 aromatic carbocycles. The Morgan fingerprint density at radius 3 is 2.52 bits per heavy atom. The van der Waals surface area contributed by atoms with Crippen LogP contribution in [0.1, 0.15) is 36.2 Å². The van der Waals surface area contributed by atoms with Crippen molar-refractivity contribution in [1.29, 1.82) is 0 Å². The summed E-state index contributed by atoms with van der Waals surface area (Å²) in [5.41, 5.74) is 1.54. The van der Waals surface area contributed by atoms with Gasteiger partial charge in [-0.3, -0.25) is 4.79 Å². The molecule has 1 aliphatic heterocycles. The number of aromatic nitrogens is 1. The maximum Gasteiger partial charge on any atom is 0.268 e. The standard InChI is InChI=1S/C19H20N2O2/c1-5-13-15(11-20-16(13)6-2)19(23)14-9-7-8-10-17(14)21(12(3)4)18(19)22/h5-12,20,23H,1-2H2,3-4H3. The van der Waals surface area contributed by atoms with Crippen molar-refractivity contribution >= 4 is 23.7 Å². The number of anilines is 1. The van der Waals surface area contributed by atoms with Gasteiger partial charge in [0, 0.05) is 34.6 Å². The van der Waals surface area contributed by atoms with E-state index in [2.05, 4.69) is 18.1 Å². The first-order valence-electron chi connectivity index (χ1n) is 7.59. The lowest BCUT2D eigenvalue weighted by atomic mass is 9.86. The van der Waals surface area contributed by atoms with Gasteiger partial charge in [0.2, 0.25) is 0 Å². The summed E-state index contributed by atoms with van der Waals surface area (Å²) in [5, 5.41) is 11.4. The van der Waals surface area contributed by atoms with Crippen LogP contribution in [0, 0.1) is 0 Å². The molecule has 1 aromatic heterocycles. The Bertz CT molecular complexity index is 803. The molecule has 0 aliphatic carbocycles. The van der Waals surface area contributed by atoms with E-state index >= 15 is 0 Å². The fraction of sp³-hybridized carbons (Fsp3) is 0.211. The van der Waals surface area contributed by atoms with Crippen molar-refractivity contribution in [2.45, 2.75) is 25.5 Å². The molecule has 4 nitrogen and oxygen atoms in total. The van der Waals surface area contributed by atoms with E-state index in [0.717, 1.165) is 11.4 Å². The average Bonchev–Trinajstić information content (AvgIpc) is 3.06. The Morgan fingerprint density at radius 1 is 1.22 bits per heavy atom. The third-order valence-corrected chi connectivity index (χ3v) is 4.35. The van der Waals surface area contributed by atoms with Crippen LogP contribution in [0.2, 0.25) is 0 Å². The highest BCUT2D eigenvalue weighted by atomic mass is 16.3. The fourth-order valence-corrected chi connectivity index (χ4v) is 3.30. The molecule has 0 saturated carbocycles. The normalized spacial score (nSPS) is 20.0. The molecule has 0 radical (unpaired) electrons. The topological polar surface area (TPSA) is 56.3 Å². The van der Waals surface area contributed by atoms with Crippen LogP contribution in [-0.2, 0) is 10.4 Å². The first-order valence-corrected chi connectivity index (χ1v) is 7.59. The number of hydrogen-bond acceptors (Lipinski definition) is 2. The molecule has 0 bridgehead atoms. The van der Waals surface area contributed by atoms with Gasteiger partial charge in [0.1, 0.15) is 0 Å². The minimum Gasteiger partial charge on any atom is -0.372 e. The van der Waals surface area contributed by atoms with Crippen molar-refractivity contribution in [3.63, 3.8) is 0 Å². The van der Waals surface area contributed by atoms with Crippen molar-refractivity contribution in [1.82, 2.24) is 4.98 Å². The van der Waals surface area contributed by atoms with Crippen LogP contribution in [0.5, 0.6) is 0 Å². The van der Waals surface area contributed by atoms with E-state index in [9.17, 15) is 9.90 Å². The Kier molecular flexibility index (Phi) is 3.49. The van der Waals surface area contributed by atoms with Gasteiger partial charge in [0.05, 0.1) is 5.69 Å². The van der Waals surface area contributed by atoms with Crippen molar-refractivity contribution < 1.29 is 9.90 Å². The first kappa shape index (κ1) is 15.3. The second-order valence-electron chi connectivity index (χ2n) is 5.93. The van der Waals surface area contributed by atoms with Crippen LogP contribution in [0.4, 0.5) is 5.69 Å². The Hall–Kier alpha value is -2.59. The SMILES string of the molecule is C=Cc1[nH]cc(C2(O)C(=O)N(C(C)C)c3ccccc32)c1C=C. The molecule has 1 amide bonds. The van der Waals surface area contributed by atoms with Gasteiger partial charge in [0.25, 0.3) is 5.91 Å². The second kappa shape index (κ2) is 5.25. The van der Waals surface area contributed by atoms with Crippen molar-refractivity contribution in [3.8, 4) is 0 Å². The average molecular weight is 308 g/mol. The Morgan fingerprint density at radius 2 is 1.91 bits per heavy atom. The Labute approximate surface area is 135 Å².